The van der Waals surface area contributed by atoms with Crippen LogP contribution in [-0.2, 0) is 19.0 Å². The molecule has 6 N–H and O–H groups in total. The first-order valence-corrected chi connectivity index (χ1v) is 10.3. The van der Waals surface area contributed by atoms with E-state index in [0.29, 0.717) is 12.8 Å². The molecular formula is C22H39LiN2O9. The van der Waals surface area contributed by atoms with Crippen molar-refractivity contribution in [3.05, 3.63) is 24.3 Å². The minimum absolute atomic E-state index is 0. The largest absolute Gasteiger partial charge is 1.00 e. The Balaban J connectivity index is -0.000000527. The third-order valence-corrected chi connectivity index (χ3v) is 3.83. The van der Waals surface area contributed by atoms with Crippen molar-refractivity contribution in [3.63, 3.8) is 0 Å². The number of amides is 2. The number of alkyl carbamates (subject to hydrolysis) is 2. The molecule has 2 amide bonds. The Labute approximate surface area is 213 Å². The van der Waals surface area contributed by atoms with Crippen LogP contribution in [-0.4, -0.2) is 69.7 Å². The number of hydrogen-bond acceptors (Lipinski definition) is 8. The number of rotatable bonds is 3. The second-order valence-electron chi connectivity index (χ2n) is 9.46. The normalized spacial score (nSPS) is 22.5. The Kier molecular flexibility index (Phi) is 17.0. The van der Waals surface area contributed by atoms with E-state index in [1.807, 2.05) is 20.8 Å². The SMILES string of the molecule is CC(=O)O[C@@H]1C=C[C@H](NC(=O)OC(C)(C)C)C1.CC(C)(C)OC(=O)NC1C=CC(O)C1.O.[Li+].[OH-]. The van der Waals surface area contributed by atoms with Crippen LogP contribution >= 0.6 is 0 Å². The Morgan fingerprint density at radius 1 is 0.824 bits per heavy atom. The predicted octanol–water partition coefficient (Wildman–Crippen LogP) is -1.03. The molecule has 0 aromatic carbocycles. The molecular weight excluding hydrogens is 443 g/mol. The Morgan fingerprint density at radius 3 is 1.59 bits per heavy atom. The van der Waals surface area contributed by atoms with Gasteiger partial charge < -0.3 is 40.9 Å². The molecule has 0 fully saturated rings. The fourth-order valence-corrected chi connectivity index (χ4v) is 2.78. The first-order valence-electron chi connectivity index (χ1n) is 10.3. The van der Waals surface area contributed by atoms with Gasteiger partial charge in [0.2, 0.25) is 0 Å². The molecule has 2 rings (SSSR count). The van der Waals surface area contributed by atoms with Crippen molar-refractivity contribution in [1.29, 1.82) is 0 Å². The Bertz CT molecular complexity index is 699. The molecule has 12 heteroatoms. The van der Waals surface area contributed by atoms with Gasteiger partial charge in [-0.25, -0.2) is 9.59 Å². The number of ether oxygens (including phenoxy) is 3. The third kappa shape index (κ3) is 17.4. The molecule has 0 aromatic heterocycles. The van der Waals surface area contributed by atoms with Crippen molar-refractivity contribution in [2.24, 2.45) is 0 Å². The van der Waals surface area contributed by atoms with Crippen LogP contribution in [0.2, 0.25) is 0 Å². The van der Waals surface area contributed by atoms with E-state index in [9.17, 15) is 14.4 Å². The number of carbonyl (C=O) groups excluding carboxylic acids is 3. The maximum absolute atomic E-state index is 11.5. The number of hydrogen-bond donors (Lipinski definition) is 3. The molecule has 0 saturated heterocycles. The monoisotopic (exact) mass is 482 g/mol. The van der Waals surface area contributed by atoms with Crippen LogP contribution in [0.3, 0.4) is 0 Å². The number of esters is 1. The van der Waals surface area contributed by atoms with Gasteiger partial charge in [0.25, 0.3) is 0 Å². The minimum atomic E-state index is -0.512. The summed E-state index contributed by atoms with van der Waals surface area (Å²) in [5.74, 6) is -0.322. The summed E-state index contributed by atoms with van der Waals surface area (Å²) in [5.41, 5.74) is -0.993. The van der Waals surface area contributed by atoms with Gasteiger partial charge in [0.05, 0.1) is 18.2 Å². The zero-order valence-electron chi connectivity index (χ0n) is 21.4. The number of aliphatic hydroxyl groups excluding tert-OH is 1. The topological polar surface area (TPSA) is 185 Å². The maximum Gasteiger partial charge on any atom is 1.00 e. The van der Waals surface area contributed by atoms with E-state index >= 15 is 0 Å². The van der Waals surface area contributed by atoms with Crippen molar-refractivity contribution >= 4 is 18.2 Å². The average molecular weight is 483 g/mol. The molecule has 0 heterocycles. The first kappa shape index (κ1) is 36.5. The van der Waals surface area contributed by atoms with Crippen molar-refractivity contribution in [1.82, 2.24) is 10.6 Å². The number of aliphatic hydroxyl groups is 1. The zero-order chi connectivity index (χ0) is 23.8. The van der Waals surface area contributed by atoms with E-state index in [4.69, 9.17) is 19.3 Å². The Hall–Kier alpha value is -2.03. The molecule has 0 aromatic rings. The molecule has 2 unspecified atom stereocenters. The first-order chi connectivity index (χ1) is 14.1. The van der Waals surface area contributed by atoms with E-state index in [-0.39, 0.29) is 54.0 Å². The molecule has 0 spiro atoms. The summed E-state index contributed by atoms with van der Waals surface area (Å²) in [6, 6.07) is -0.256. The van der Waals surface area contributed by atoms with Crippen molar-refractivity contribution in [3.8, 4) is 0 Å². The van der Waals surface area contributed by atoms with Crippen LogP contribution in [0, 0.1) is 0 Å². The summed E-state index contributed by atoms with van der Waals surface area (Å²) in [7, 11) is 0. The van der Waals surface area contributed by atoms with E-state index < -0.39 is 29.5 Å². The van der Waals surface area contributed by atoms with Crippen LogP contribution < -0.4 is 29.5 Å². The maximum atomic E-state index is 11.5. The summed E-state index contributed by atoms with van der Waals surface area (Å²) in [4.78, 5) is 33.5. The predicted molar refractivity (Wildman–Crippen MR) is 121 cm³/mol. The van der Waals surface area contributed by atoms with Gasteiger partial charge >= 0.3 is 37.0 Å². The minimum Gasteiger partial charge on any atom is -0.870 e. The second kappa shape index (κ2) is 15.8. The second-order valence-corrected chi connectivity index (χ2v) is 9.46. The van der Waals surface area contributed by atoms with Crippen LogP contribution in [0.1, 0.15) is 61.3 Å². The molecule has 0 saturated carbocycles. The molecule has 4 atom stereocenters. The van der Waals surface area contributed by atoms with Gasteiger partial charge in [-0.2, -0.15) is 0 Å². The van der Waals surface area contributed by atoms with Crippen LogP contribution in [0.15, 0.2) is 24.3 Å². The molecule has 2 aliphatic rings. The third-order valence-electron chi connectivity index (χ3n) is 3.83. The summed E-state index contributed by atoms with van der Waals surface area (Å²) in [6.07, 6.45) is 6.48. The summed E-state index contributed by atoms with van der Waals surface area (Å²) in [6.45, 7) is 12.2. The molecule has 0 aliphatic heterocycles. The van der Waals surface area contributed by atoms with Crippen LogP contribution in [0.25, 0.3) is 0 Å². The average Bonchev–Trinajstić information content (AvgIpc) is 3.12. The van der Waals surface area contributed by atoms with E-state index in [1.165, 1.54) is 6.92 Å². The van der Waals surface area contributed by atoms with Gasteiger partial charge in [0.15, 0.2) is 0 Å². The van der Waals surface area contributed by atoms with Gasteiger partial charge in [-0.3, -0.25) is 4.79 Å². The smallest absolute Gasteiger partial charge is 0.870 e. The standard InChI is InChI=1S/C12H19NO4.C10H17NO3.Li.2H2O/c1-8(14)16-10-6-5-9(7-10)13-11(15)17-12(2,3)4;1-10(2,3)14-9(13)11-7-4-5-8(12)6-7;;;/h5-6,9-10H,7H2,1-4H3,(H,13,15);4-5,7-8,12H,6H2,1-3H3,(H,11,13);;2*1H2/q;;+1;;/p-1/t9-,10+;;;;/m0..../s1. The van der Waals surface area contributed by atoms with Crippen molar-refractivity contribution < 1.29 is 63.5 Å². The van der Waals surface area contributed by atoms with Crippen molar-refractivity contribution in [2.75, 3.05) is 0 Å². The summed E-state index contributed by atoms with van der Waals surface area (Å²) < 4.78 is 15.2. The molecule has 0 radical (unpaired) electrons. The van der Waals surface area contributed by atoms with Crippen LogP contribution in [0.4, 0.5) is 9.59 Å². The molecule has 11 nitrogen and oxygen atoms in total. The van der Waals surface area contributed by atoms with Gasteiger partial charge in [0.1, 0.15) is 17.3 Å². The molecule has 2 aliphatic carbocycles. The van der Waals surface area contributed by atoms with Gasteiger partial charge in [-0.1, -0.05) is 18.2 Å². The van der Waals surface area contributed by atoms with E-state index in [0.717, 1.165) is 0 Å². The van der Waals surface area contributed by atoms with Gasteiger partial charge in [-0.15, -0.1) is 0 Å². The molecule has 34 heavy (non-hydrogen) atoms. The quantitative estimate of drug-likeness (QED) is 0.197. The fourth-order valence-electron chi connectivity index (χ4n) is 2.78. The van der Waals surface area contributed by atoms with Crippen molar-refractivity contribution in [2.45, 2.75) is 96.8 Å². The number of carbonyl (C=O) groups is 3. The summed E-state index contributed by atoms with van der Waals surface area (Å²) in [5, 5.41) is 14.5. The van der Waals surface area contributed by atoms with Gasteiger partial charge in [-0.05, 0) is 47.6 Å². The molecule has 0 bridgehead atoms. The van der Waals surface area contributed by atoms with Crippen LogP contribution in [0.5, 0.6) is 0 Å². The van der Waals surface area contributed by atoms with Gasteiger partial charge in [0, 0.05) is 19.8 Å². The zero-order valence-corrected chi connectivity index (χ0v) is 21.4. The summed E-state index contributed by atoms with van der Waals surface area (Å²) >= 11 is 0. The van der Waals surface area contributed by atoms with E-state index in [2.05, 4.69) is 10.6 Å². The fraction of sp³-hybridized carbons (Fsp3) is 0.682. The Morgan fingerprint density at radius 2 is 1.24 bits per heavy atom. The number of nitrogens with one attached hydrogen (secondary N) is 2. The molecule has 192 valence electrons. The van der Waals surface area contributed by atoms with E-state index in [1.54, 1.807) is 45.1 Å².